The molecule has 10 aromatic carbocycles. The summed E-state index contributed by atoms with van der Waals surface area (Å²) in [4.78, 5) is 91.8. The summed E-state index contributed by atoms with van der Waals surface area (Å²) in [7, 11) is 12.4. The second-order valence-electron chi connectivity index (χ2n) is 27.2. The first kappa shape index (κ1) is 73.9. The van der Waals surface area contributed by atoms with Gasteiger partial charge < -0.3 is 59.2 Å². The number of halogens is 4. The van der Waals surface area contributed by atoms with Crippen LogP contribution in [0.15, 0.2) is 218 Å². The number of ketones is 6. The highest BCUT2D eigenvalue weighted by atomic mass is 35.5. The Bertz CT molecular complexity index is 5220. The summed E-state index contributed by atoms with van der Waals surface area (Å²) in [6, 6.07) is 62.5. The molecule has 0 radical (unpaired) electrons. The van der Waals surface area contributed by atoms with E-state index >= 15 is 19.2 Å². The molecule has 22 heteroatoms. The smallest absolute Gasteiger partial charge is 0.210 e. The van der Waals surface area contributed by atoms with E-state index < -0.39 is 33.7 Å². The lowest BCUT2D eigenvalue weighted by molar-refractivity contribution is 0.0816. The van der Waals surface area contributed by atoms with Crippen molar-refractivity contribution < 1.29 is 66.7 Å². The van der Waals surface area contributed by atoms with Crippen LogP contribution in [0.3, 0.4) is 0 Å². The highest BCUT2D eigenvalue weighted by Crippen LogP contribution is 2.72. The molecule has 556 valence electrons. The number of anilines is 4. The number of methoxy groups -OCH3 is 8. The second kappa shape index (κ2) is 29.1. The number of hydrogen-bond donors (Lipinski definition) is 4. The average molecular weight is 1550 g/mol. The van der Waals surface area contributed by atoms with Crippen LogP contribution in [0.1, 0.15) is 118 Å². The molecule has 110 heavy (non-hydrogen) atoms. The molecule has 0 bridgehead atoms. The molecule has 10 aromatic rings. The molecule has 0 saturated heterocycles. The molecule has 6 atom stereocenters. The van der Waals surface area contributed by atoms with Crippen molar-refractivity contribution in [1.29, 1.82) is 0 Å². The molecule has 18 nitrogen and oxygen atoms in total. The van der Waals surface area contributed by atoms with E-state index in [9.17, 15) is 9.59 Å². The van der Waals surface area contributed by atoms with E-state index in [1.807, 2.05) is 146 Å². The third-order valence-corrected chi connectivity index (χ3v) is 22.3. The van der Waals surface area contributed by atoms with Crippen molar-refractivity contribution in [3.05, 3.63) is 296 Å². The topological polar surface area (TPSA) is 224 Å². The first-order chi connectivity index (χ1) is 53.4. The van der Waals surface area contributed by atoms with Gasteiger partial charge in [-0.2, -0.15) is 0 Å². The fourth-order valence-corrected chi connectivity index (χ4v) is 18.4. The largest absolute Gasteiger partial charge is 0.497 e. The molecule has 0 amide bonds. The Morgan fingerprint density at radius 1 is 0.345 bits per heavy atom. The highest BCUT2D eigenvalue weighted by Gasteiger charge is 2.74. The fraction of sp³-hybridized carbons (Fsp3) is 0.205. The number of alkyl halides is 4. The molecule has 0 unspecified atom stereocenters. The number of benzene rings is 10. The Kier molecular flexibility index (Phi) is 19.6. The highest BCUT2D eigenvalue weighted by molar-refractivity contribution is 6.41. The van der Waals surface area contributed by atoms with Crippen LogP contribution in [-0.2, 0) is 23.7 Å². The third kappa shape index (κ3) is 11.0. The van der Waals surface area contributed by atoms with Crippen molar-refractivity contribution in [2.75, 3.05) is 88.8 Å². The second-order valence-corrected chi connectivity index (χ2v) is 28.9. The van der Waals surface area contributed by atoms with E-state index in [1.54, 1.807) is 118 Å². The minimum absolute atomic E-state index is 0.125. The number of hydrogen-bond acceptors (Lipinski definition) is 18. The van der Waals surface area contributed by atoms with Crippen molar-refractivity contribution in [2.24, 2.45) is 0 Å². The molecule has 0 aromatic heterocycles. The van der Waals surface area contributed by atoms with Crippen LogP contribution in [-0.4, -0.2) is 113 Å². The number of fused-ring (bicyclic) bond motifs is 16. The number of carbonyl (C=O) groups excluding carboxylic acids is 6. The van der Waals surface area contributed by atoms with E-state index in [2.05, 4.69) is 21.3 Å². The monoisotopic (exact) mass is 1550 g/mol. The summed E-state index contributed by atoms with van der Waals surface area (Å²) < 4.78 is 46.1. The molecule has 0 saturated carbocycles. The third-order valence-electron chi connectivity index (χ3n) is 22.3. The lowest BCUT2D eigenvalue weighted by Crippen LogP contribution is -2.60. The van der Waals surface area contributed by atoms with E-state index in [0.717, 1.165) is 22.3 Å². The molecule has 4 N–H and O–H groups in total. The minimum atomic E-state index is -1.63. The van der Waals surface area contributed by atoms with Gasteiger partial charge in [0.1, 0.15) is 67.9 Å². The summed E-state index contributed by atoms with van der Waals surface area (Å²) in [5.74, 6) is 0.912. The van der Waals surface area contributed by atoms with Crippen molar-refractivity contribution in [2.45, 2.75) is 46.6 Å². The number of Topliss-reactive ketones (excluding diaryl/α,β-unsaturated/α-hetero) is 6. The molecule has 2 heterocycles. The summed E-state index contributed by atoms with van der Waals surface area (Å²) in [5.41, 5.74) is 6.00. The Morgan fingerprint density at radius 3 is 0.955 bits per heavy atom. The number of allylic oxidation sites excluding steroid dienone is 4. The predicted octanol–water partition coefficient (Wildman–Crippen LogP) is 17.4. The summed E-state index contributed by atoms with van der Waals surface area (Å²) in [5, 5.41) is 14.7. The van der Waals surface area contributed by atoms with Gasteiger partial charge in [0, 0.05) is 164 Å². The minimum Gasteiger partial charge on any atom is -0.497 e. The van der Waals surface area contributed by atoms with Gasteiger partial charge in [-0.1, -0.05) is 146 Å². The molecule has 8 aliphatic rings. The summed E-state index contributed by atoms with van der Waals surface area (Å²) in [6.07, 6.45) is 0.626. The van der Waals surface area contributed by atoms with E-state index in [-0.39, 0.29) is 56.8 Å². The predicted molar refractivity (Wildman–Crippen MR) is 426 cm³/mol. The molecule has 6 aliphatic carbocycles. The molecule has 2 aliphatic heterocycles. The van der Waals surface area contributed by atoms with Gasteiger partial charge in [0.25, 0.3) is 0 Å². The van der Waals surface area contributed by atoms with Gasteiger partial charge in [-0.25, -0.2) is 0 Å². The summed E-state index contributed by atoms with van der Waals surface area (Å²) in [6.45, 7) is 0. The van der Waals surface area contributed by atoms with Crippen LogP contribution in [0.2, 0.25) is 0 Å². The molecular weight excluding hydrogens is 1480 g/mol. The van der Waals surface area contributed by atoms with Gasteiger partial charge in [0.2, 0.25) is 11.6 Å². The lowest BCUT2D eigenvalue weighted by Gasteiger charge is -2.51. The molecule has 2 spiro atoms. The maximum Gasteiger partial charge on any atom is 0.210 e. The van der Waals surface area contributed by atoms with Crippen LogP contribution in [0.4, 0.5) is 22.7 Å². The fourth-order valence-electron chi connectivity index (χ4n) is 18.4. The number of carbonyl (C=O) groups is 6. The van der Waals surface area contributed by atoms with Crippen molar-refractivity contribution in [1.82, 2.24) is 0 Å². The van der Waals surface area contributed by atoms with Gasteiger partial charge in [0.15, 0.2) is 23.1 Å². The quantitative estimate of drug-likeness (QED) is 0.0743. The van der Waals surface area contributed by atoms with E-state index in [4.69, 9.17) is 84.3 Å². The number of ether oxygens (including phenoxy) is 8. The van der Waals surface area contributed by atoms with Gasteiger partial charge in [-0.15, -0.1) is 46.4 Å². The molecule has 0 fully saturated rings. The Labute approximate surface area is 654 Å². The normalized spacial score (nSPS) is 21.1. The Morgan fingerprint density at radius 2 is 0.636 bits per heavy atom. The van der Waals surface area contributed by atoms with Gasteiger partial charge in [-0.3, -0.25) is 28.8 Å². The number of nitrogens with one attached hydrogen (secondary N) is 4. The standard InChI is InChI=1S/2C43H34N2O7.2CH2Cl2/c2*1-49-25-17-24(18-26(19-25)50-2)44-37-35(29-13-7-8-14-30(29)38(37)46)43-36-33(20-27(51-3)21-34(36)52-4)45-42(22-23-11-5-6-12-28(23)40(42)47)39(43)31-15-9-10-16-32(31)41(43)48;2*2-1-3/h2*5-21,39,45H,22H2,1-4H3,(H,44,46);2*1H2/t2*39-,42-,43+;;/m10../s1. The van der Waals surface area contributed by atoms with E-state index in [1.165, 1.54) is 0 Å². The molecular formula is C88H72Cl4N4O14. The zero-order valence-corrected chi connectivity index (χ0v) is 63.9. The van der Waals surface area contributed by atoms with E-state index in [0.29, 0.717) is 148 Å². The first-order valence-electron chi connectivity index (χ1n) is 35.1. The zero-order valence-electron chi connectivity index (χ0n) is 60.8. The lowest BCUT2D eigenvalue weighted by atomic mass is 9.54. The van der Waals surface area contributed by atoms with Crippen molar-refractivity contribution in [3.63, 3.8) is 0 Å². The van der Waals surface area contributed by atoms with Crippen molar-refractivity contribution in [3.8, 4) is 46.0 Å². The maximum atomic E-state index is 15.9. The molecule has 18 rings (SSSR count). The number of rotatable bonds is 14. The van der Waals surface area contributed by atoms with Gasteiger partial charge >= 0.3 is 0 Å². The van der Waals surface area contributed by atoms with Crippen LogP contribution >= 0.6 is 46.4 Å². The first-order valence-corrected chi connectivity index (χ1v) is 37.2. The Hall–Kier alpha value is -11.5. The zero-order chi connectivity index (χ0) is 77.3. The maximum absolute atomic E-state index is 15.9. The van der Waals surface area contributed by atoms with Gasteiger partial charge in [-0.05, 0) is 33.4 Å². The van der Waals surface area contributed by atoms with Crippen LogP contribution < -0.4 is 59.2 Å². The van der Waals surface area contributed by atoms with Crippen LogP contribution in [0, 0.1) is 0 Å². The Balaban J connectivity index is 0.000000163. The van der Waals surface area contributed by atoms with Crippen LogP contribution in [0.25, 0.3) is 11.1 Å². The van der Waals surface area contributed by atoms with Crippen LogP contribution in [0.5, 0.6) is 46.0 Å². The van der Waals surface area contributed by atoms with Crippen molar-refractivity contribution >= 4 is 115 Å². The average Bonchev–Trinajstić information content (AvgIpc) is 1.48. The van der Waals surface area contributed by atoms with Gasteiger partial charge in [0.05, 0.1) is 79.0 Å². The summed E-state index contributed by atoms with van der Waals surface area (Å²) >= 11 is 19.1. The SMILES string of the molecule is COc1cc(NC2=C([C@@]34C(=O)c5ccccc5[C@@H]3[C@@]3(Cc5ccccc5C3=O)Nc3cc(OC)cc(OC)c34)c3ccccc3C2=O)cc(OC)c1.COc1cc(NC2=C([C@]34C(=O)c5ccccc5[C@H]3[C@]3(Cc5ccccc5C3=O)Nc3cc(OC)cc(OC)c34)c3ccccc3C2=O)cc(OC)c1.ClCCl.ClCCl.